The van der Waals surface area contributed by atoms with E-state index in [-0.39, 0.29) is 26.2 Å². The number of hydrogen-bond donors (Lipinski definition) is 0. The molecule has 0 N–H and O–H groups in total. The van der Waals surface area contributed by atoms with Crippen molar-refractivity contribution in [1.82, 2.24) is 0 Å². The van der Waals surface area contributed by atoms with Crippen LogP contribution in [0.25, 0.3) is 22.3 Å². The fourth-order valence-electron chi connectivity index (χ4n) is 5.53. The van der Waals surface area contributed by atoms with Gasteiger partial charge in [0.15, 0.2) is 0 Å². The van der Waals surface area contributed by atoms with Gasteiger partial charge in [0.25, 0.3) is 0 Å². The molecule has 2 aliphatic carbocycles. The minimum absolute atomic E-state index is 0. The smallest absolute Gasteiger partial charge is 0.00899 e. The molecule has 144 valence electrons. The van der Waals surface area contributed by atoms with Crippen LogP contribution in [0, 0.1) is 0 Å². The Morgan fingerprint density at radius 1 is 0.633 bits per heavy atom. The van der Waals surface area contributed by atoms with E-state index < -0.39 is 0 Å². The van der Waals surface area contributed by atoms with E-state index in [1.165, 1.54) is 55.6 Å². The molecule has 0 saturated heterocycles. The third-order valence-corrected chi connectivity index (χ3v) is 6.89. The molecule has 0 heterocycles. The van der Waals surface area contributed by atoms with E-state index in [1.807, 2.05) is 0 Å². The standard InChI is InChI=1S/C29H24.Zr/c1-2-23(21-14-15-26-22(17-21)16-19-8-3-5-10-24(19)26)27-12-7-13-28-25-11-6-4-9-20(25)18-29(27)28;/h3-15,17,23H,2,16,18H2,1H3;. The summed E-state index contributed by atoms with van der Waals surface area (Å²) in [6.45, 7) is 2.33. The monoisotopic (exact) mass is 462 g/mol. The van der Waals surface area contributed by atoms with Crippen LogP contribution >= 0.6 is 0 Å². The van der Waals surface area contributed by atoms with Gasteiger partial charge in [0.1, 0.15) is 0 Å². The van der Waals surface area contributed by atoms with Crippen LogP contribution in [-0.4, -0.2) is 0 Å². The zero-order chi connectivity index (χ0) is 19.4. The van der Waals surface area contributed by atoms with Crippen LogP contribution in [0.4, 0.5) is 0 Å². The Morgan fingerprint density at radius 2 is 1.27 bits per heavy atom. The number of fused-ring (bicyclic) bond motifs is 6. The molecule has 0 amide bonds. The average molecular weight is 464 g/mol. The van der Waals surface area contributed by atoms with Crippen molar-refractivity contribution in [2.45, 2.75) is 32.1 Å². The fraction of sp³-hybridized carbons (Fsp3) is 0.172. The van der Waals surface area contributed by atoms with E-state index in [9.17, 15) is 0 Å². The van der Waals surface area contributed by atoms with Crippen LogP contribution in [0.5, 0.6) is 0 Å². The summed E-state index contributed by atoms with van der Waals surface area (Å²) in [4.78, 5) is 0. The largest absolute Gasteiger partial charge is 0.0645 e. The van der Waals surface area contributed by atoms with E-state index in [0.29, 0.717) is 5.92 Å². The number of hydrogen-bond acceptors (Lipinski definition) is 0. The van der Waals surface area contributed by atoms with Crippen LogP contribution in [-0.2, 0) is 39.0 Å². The normalized spacial score (nSPS) is 13.6. The third kappa shape index (κ3) is 2.98. The molecule has 0 fully saturated rings. The molecule has 0 radical (unpaired) electrons. The summed E-state index contributed by atoms with van der Waals surface area (Å²) in [7, 11) is 0. The van der Waals surface area contributed by atoms with Crippen LogP contribution in [0.1, 0.15) is 52.6 Å². The van der Waals surface area contributed by atoms with Crippen molar-refractivity contribution in [3.05, 3.63) is 118 Å². The molecule has 30 heavy (non-hydrogen) atoms. The van der Waals surface area contributed by atoms with Crippen LogP contribution in [0.3, 0.4) is 0 Å². The van der Waals surface area contributed by atoms with Gasteiger partial charge in [-0.05, 0) is 74.9 Å². The van der Waals surface area contributed by atoms with Crippen LogP contribution < -0.4 is 0 Å². The third-order valence-electron chi connectivity index (χ3n) is 6.89. The predicted molar refractivity (Wildman–Crippen MR) is 122 cm³/mol. The summed E-state index contributed by atoms with van der Waals surface area (Å²) in [5, 5.41) is 0. The second-order valence-electron chi connectivity index (χ2n) is 8.42. The molecule has 1 atom stereocenters. The molecule has 0 aromatic heterocycles. The van der Waals surface area contributed by atoms with Crippen LogP contribution in [0.15, 0.2) is 84.9 Å². The van der Waals surface area contributed by atoms with Gasteiger partial charge >= 0.3 is 0 Å². The molecular weight excluding hydrogens is 440 g/mol. The van der Waals surface area contributed by atoms with Crippen molar-refractivity contribution < 1.29 is 26.2 Å². The first kappa shape index (κ1) is 19.7. The molecule has 0 saturated carbocycles. The van der Waals surface area contributed by atoms with Crippen molar-refractivity contribution in [2.24, 2.45) is 0 Å². The molecule has 2 aliphatic rings. The van der Waals surface area contributed by atoms with Crippen LogP contribution in [0.2, 0.25) is 0 Å². The van der Waals surface area contributed by atoms with Gasteiger partial charge in [-0.25, -0.2) is 0 Å². The molecule has 1 unspecified atom stereocenters. The molecule has 0 aliphatic heterocycles. The first-order valence-electron chi connectivity index (χ1n) is 10.7. The molecule has 6 rings (SSSR count). The minimum atomic E-state index is 0. The Kier molecular flexibility index (Phi) is 5.12. The van der Waals surface area contributed by atoms with E-state index in [2.05, 4.69) is 91.9 Å². The fourth-order valence-corrected chi connectivity index (χ4v) is 5.53. The topological polar surface area (TPSA) is 0 Å². The molecule has 4 aromatic carbocycles. The summed E-state index contributed by atoms with van der Waals surface area (Å²) in [6, 6.07) is 31.9. The number of rotatable bonds is 3. The van der Waals surface area contributed by atoms with E-state index >= 15 is 0 Å². The first-order valence-corrected chi connectivity index (χ1v) is 10.7. The molecule has 1 heteroatoms. The minimum Gasteiger partial charge on any atom is -0.0645 e. The van der Waals surface area contributed by atoms with Gasteiger partial charge in [0, 0.05) is 32.1 Å². The molecule has 4 aromatic rings. The van der Waals surface area contributed by atoms with Gasteiger partial charge in [-0.3, -0.25) is 0 Å². The van der Waals surface area contributed by atoms with Crippen molar-refractivity contribution >= 4 is 0 Å². The second-order valence-corrected chi connectivity index (χ2v) is 8.42. The zero-order valence-electron chi connectivity index (χ0n) is 17.3. The summed E-state index contributed by atoms with van der Waals surface area (Å²) in [5.74, 6) is 0.452. The molecular formula is C29H24Zr. The maximum absolute atomic E-state index is 2.48. The summed E-state index contributed by atoms with van der Waals surface area (Å²) >= 11 is 0. The Labute approximate surface area is 198 Å². The van der Waals surface area contributed by atoms with Gasteiger partial charge in [-0.15, -0.1) is 0 Å². The summed E-state index contributed by atoms with van der Waals surface area (Å²) in [6.07, 6.45) is 3.25. The first-order chi connectivity index (χ1) is 14.3. The summed E-state index contributed by atoms with van der Waals surface area (Å²) < 4.78 is 0. The van der Waals surface area contributed by atoms with Gasteiger partial charge in [-0.2, -0.15) is 0 Å². The Balaban J connectivity index is 0.00000193. The molecule has 0 nitrogen and oxygen atoms in total. The SMILES string of the molecule is CCC(c1ccc2c(c1)Cc1ccccc1-2)c1cccc2c1Cc1ccccc1-2.[Zr]. The quantitative estimate of drug-likeness (QED) is 0.257. The van der Waals surface area contributed by atoms with Crippen molar-refractivity contribution in [1.29, 1.82) is 0 Å². The Hall–Kier alpha value is -2.24. The van der Waals surface area contributed by atoms with Crippen molar-refractivity contribution in [3.63, 3.8) is 0 Å². The maximum atomic E-state index is 2.48. The average Bonchev–Trinajstić information content (AvgIpc) is 3.32. The Bertz CT molecular complexity index is 1250. The van der Waals surface area contributed by atoms with Gasteiger partial charge in [-0.1, -0.05) is 91.9 Å². The predicted octanol–water partition coefficient (Wildman–Crippen LogP) is 7.37. The zero-order valence-corrected chi connectivity index (χ0v) is 19.7. The van der Waals surface area contributed by atoms with Crippen molar-refractivity contribution in [2.75, 3.05) is 0 Å². The second kappa shape index (κ2) is 7.79. The molecule has 0 spiro atoms. The van der Waals surface area contributed by atoms with Gasteiger partial charge in [0.05, 0.1) is 0 Å². The van der Waals surface area contributed by atoms with E-state index in [1.54, 1.807) is 0 Å². The molecule has 0 bridgehead atoms. The number of benzene rings is 4. The van der Waals surface area contributed by atoms with Gasteiger partial charge < -0.3 is 0 Å². The van der Waals surface area contributed by atoms with Gasteiger partial charge in [0.2, 0.25) is 0 Å². The van der Waals surface area contributed by atoms with E-state index in [0.717, 1.165) is 19.3 Å². The van der Waals surface area contributed by atoms with E-state index in [4.69, 9.17) is 0 Å². The maximum Gasteiger partial charge on any atom is 0.00899 e. The Morgan fingerprint density at radius 3 is 2.03 bits per heavy atom. The van der Waals surface area contributed by atoms with Crippen molar-refractivity contribution in [3.8, 4) is 22.3 Å². The summed E-state index contributed by atoms with van der Waals surface area (Å²) in [5.41, 5.74) is 14.6.